The molecule has 3 rings (SSSR count). The monoisotopic (exact) mass is 261 g/mol. The minimum absolute atomic E-state index is 0.0856. The van der Waals surface area contributed by atoms with Gasteiger partial charge in [-0.05, 0) is 13.0 Å². The molecule has 0 radical (unpaired) electrons. The average Bonchev–Trinajstić information content (AvgIpc) is 2.45. The second kappa shape index (κ2) is 4.58. The third kappa shape index (κ3) is 2.06. The van der Waals surface area contributed by atoms with E-state index in [1.54, 1.807) is 24.7 Å². The van der Waals surface area contributed by atoms with E-state index in [0.717, 1.165) is 18.9 Å². The summed E-state index contributed by atoms with van der Waals surface area (Å²) < 4.78 is 6.89. The van der Waals surface area contributed by atoms with Crippen molar-refractivity contribution in [1.29, 1.82) is 0 Å². The smallest absolute Gasteiger partial charge is 0.212 e. The lowest BCUT2D eigenvalue weighted by molar-refractivity contribution is 0.122. The molecule has 1 aliphatic heterocycles. The van der Waals surface area contributed by atoms with Gasteiger partial charge in [0.2, 0.25) is 5.43 Å². The third-order valence-corrected chi connectivity index (χ3v) is 3.28. The van der Waals surface area contributed by atoms with Crippen molar-refractivity contribution in [3.63, 3.8) is 0 Å². The van der Waals surface area contributed by atoms with Crippen molar-refractivity contribution in [3.05, 3.63) is 22.0 Å². The van der Waals surface area contributed by atoms with Gasteiger partial charge in [-0.15, -0.1) is 10.2 Å². The summed E-state index contributed by atoms with van der Waals surface area (Å²) in [6, 6.07) is 1.80. The first-order chi connectivity index (χ1) is 9.16. The predicted molar refractivity (Wildman–Crippen MR) is 70.3 cm³/mol. The molecule has 2 aromatic heterocycles. The number of anilines is 1. The minimum Gasteiger partial charge on any atom is -0.378 e. The summed E-state index contributed by atoms with van der Waals surface area (Å²) in [6.07, 6.45) is 0. The summed E-state index contributed by atoms with van der Waals surface area (Å²) in [5, 5.41) is 13.0. The molecule has 0 unspecified atom stereocenters. The van der Waals surface area contributed by atoms with E-state index in [1.807, 2.05) is 0 Å². The van der Waals surface area contributed by atoms with E-state index in [4.69, 9.17) is 4.74 Å². The van der Waals surface area contributed by atoms with Gasteiger partial charge in [-0.25, -0.2) is 4.68 Å². The van der Waals surface area contributed by atoms with Crippen LogP contribution >= 0.6 is 0 Å². The van der Waals surface area contributed by atoms with Crippen LogP contribution in [0.3, 0.4) is 0 Å². The van der Waals surface area contributed by atoms with Crippen molar-refractivity contribution < 1.29 is 4.74 Å². The third-order valence-electron chi connectivity index (χ3n) is 3.28. The molecule has 0 aromatic carbocycles. The molecule has 1 saturated heterocycles. The predicted octanol–water partition coefficient (Wildman–Crippen LogP) is -0.131. The van der Waals surface area contributed by atoms with E-state index in [-0.39, 0.29) is 5.43 Å². The maximum absolute atomic E-state index is 12.1. The molecule has 0 aliphatic carbocycles. The van der Waals surface area contributed by atoms with Crippen LogP contribution in [-0.2, 0) is 11.8 Å². The number of hydrogen-bond donors (Lipinski definition) is 0. The van der Waals surface area contributed by atoms with E-state index < -0.39 is 0 Å². The molecule has 0 saturated carbocycles. The number of morpholine rings is 1. The summed E-state index contributed by atoms with van der Waals surface area (Å²) in [5.74, 6) is 0.721. The molecule has 0 amide bonds. The van der Waals surface area contributed by atoms with Crippen molar-refractivity contribution in [2.24, 2.45) is 7.05 Å². The topological polar surface area (TPSA) is 73.1 Å². The van der Waals surface area contributed by atoms with Crippen LogP contribution in [0.25, 0.3) is 11.0 Å². The van der Waals surface area contributed by atoms with Gasteiger partial charge in [-0.2, -0.15) is 5.10 Å². The summed E-state index contributed by atoms with van der Waals surface area (Å²) in [4.78, 5) is 14.2. The van der Waals surface area contributed by atoms with Crippen LogP contribution in [0, 0.1) is 6.92 Å². The Morgan fingerprint density at radius 3 is 2.74 bits per heavy atom. The fraction of sp³-hybridized carbons (Fsp3) is 0.500. The van der Waals surface area contributed by atoms with Crippen LogP contribution in [0.2, 0.25) is 0 Å². The number of nitrogens with zero attached hydrogens (tertiary/aromatic N) is 5. The van der Waals surface area contributed by atoms with Crippen LogP contribution < -0.4 is 10.3 Å². The van der Waals surface area contributed by atoms with Gasteiger partial charge >= 0.3 is 0 Å². The largest absolute Gasteiger partial charge is 0.378 e. The summed E-state index contributed by atoms with van der Waals surface area (Å²) in [5.41, 5.74) is 0.890. The Labute approximate surface area is 109 Å². The van der Waals surface area contributed by atoms with Gasteiger partial charge < -0.3 is 9.64 Å². The van der Waals surface area contributed by atoms with Gasteiger partial charge in [0.25, 0.3) is 0 Å². The zero-order valence-electron chi connectivity index (χ0n) is 11.0. The molecule has 3 heterocycles. The first kappa shape index (κ1) is 12.0. The molecule has 7 heteroatoms. The molecular formula is C12H15N5O2. The van der Waals surface area contributed by atoms with E-state index in [1.165, 1.54) is 0 Å². The van der Waals surface area contributed by atoms with E-state index in [2.05, 4.69) is 20.2 Å². The zero-order chi connectivity index (χ0) is 13.4. The highest BCUT2D eigenvalue weighted by molar-refractivity contribution is 5.77. The molecule has 0 N–H and O–H groups in total. The molecule has 1 fully saturated rings. The molecule has 0 atom stereocenters. The van der Waals surface area contributed by atoms with Crippen molar-refractivity contribution >= 4 is 16.9 Å². The Morgan fingerprint density at radius 1 is 1.26 bits per heavy atom. The summed E-state index contributed by atoms with van der Waals surface area (Å²) in [7, 11) is 1.76. The quantitative estimate of drug-likeness (QED) is 0.712. The van der Waals surface area contributed by atoms with Crippen molar-refractivity contribution in [1.82, 2.24) is 20.0 Å². The number of hydrogen-bond acceptors (Lipinski definition) is 6. The SMILES string of the molecule is Cc1nn(C)c2nnc(N3CCOCC3)cc2c1=O. The first-order valence-electron chi connectivity index (χ1n) is 6.21. The standard InChI is InChI=1S/C12H15N5O2/c1-8-11(18)9-7-10(17-3-5-19-6-4-17)13-14-12(9)16(2)15-8/h7H,3-6H2,1-2H3. The highest BCUT2D eigenvalue weighted by atomic mass is 16.5. The molecule has 0 bridgehead atoms. The van der Waals surface area contributed by atoms with Crippen LogP contribution in [0.4, 0.5) is 5.82 Å². The summed E-state index contributed by atoms with van der Waals surface area (Å²) >= 11 is 0. The highest BCUT2D eigenvalue weighted by Crippen LogP contribution is 2.15. The molecular weight excluding hydrogens is 246 g/mol. The van der Waals surface area contributed by atoms with Crippen molar-refractivity contribution in [3.8, 4) is 0 Å². The second-order valence-corrected chi connectivity index (χ2v) is 4.58. The lowest BCUT2D eigenvalue weighted by Gasteiger charge is -2.27. The Morgan fingerprint density at radius 2 is 2.00 bits per heavy atom. The van der Waals surface area contributed by atoms with Crippen molar-refractivity contribution in [2.75, 3.05) is 31.2 Å². The number of aryl methyl sites for hydroxylation is 2. The second-order valence-electron chi connectivity index (χ2n) is 4.58. The Hall–Kier alpha value is -2.02. The zero-order valence-corrected chi connectivity index (χ0v) is 11.0. The average molecular weight is 261 g/mol. The van der Waals surface area contributed by atoms with E-state index >= 15 is 0 Å². The molecule has 7 nitrogen and oxygen atoms in total. The van der Waals surface area contributed by atoms with Gasteiger partial charge in [-0.3, -0.25) is 4.79 Å². The Bertz CT molecular complexity index is 676. The number of ether oxygens (including phenoxy) is 1. The lowest BCUT2D eigenvalue weighted by atomic mass is 10.2. The van der Waals surface area contributed by atoms with Crippen LogP contribution in [-0.4, -0.2) is 46.3 Å². The van der Waals surface area contributed by atoms with Gasteiger partial charge in [0, 0.05) is 20.1 Å². The number of aromatic nitrogens is 4. The normalized spacial score (nSPS) is 16.0. The van der Waals surface area contributed by atoms with E-state index in [0.29, 0.717) is 29.9 Å². The fourth-order valence-electron chi connectivity index (χ4n) is 2.24. The van der Waals surface area contributed by atoms with Crippen molar-refractivity contribution in [2.45, 2.75) is 6.92 Å². The van der Waals surface area contributed by atoms with Gasteiger partial charge in [0.15, 0.2) is 11.5 Å². The van der Waals surface area contributed by atoms with Gasteiger partial charge in [0.05, 0.1) is 18.6 Å². The number of rotatable bonds is 1. The summed E-state index contributed by atoms with van der Waals surface area (Å²) in [6.45, 7) is 4.59. The molecule has 2 aromatic rings. The van der Waals surface area contributed by atoms with Crippen LogP contribution in [0.1, 0.15) is 5.69 Å². The molecule has 1 aliphatic rings. The maximum Gasteiger partial charge on any atom is 0.212 e. The maximum atomic E-state index is 12.1. The van der Waals surface area contributed by atoms with Crippen LogP contribution in [0.15, 0.2) is 10.9 Å². The molecule has 0 spiro atoms. The number of fused-ring (bicyclic) bond motifs is 1. The fourth-order valence-corrected chi connectivity index (χ4v) is 2.24. The molecule has 19 heavy (non-hydrogen) atoms. The van der Waals surface area contributed by atoms with Crippen LogP contribution in [0.5, 0.6) is 0 Å². The van der Waals surface area contributed by atoms with Gasteiger partial charge in [0.1, 0.15) is 5.69 Å². The van der Waals surface area contributed by atoms with E-state index in [9.17, 15) is 4.79 Å². The van der Waals surface area contributed by atoms with Gasteiger partial charge in [-0.1, -0.05) is 0 Å². The Balaban J connectivity index is 2.14. The first-order valence-corrected chi connectivity index (χ1v) is 6.21. The highest BCUT2D eigenvalue weighted by Gasteiger charge is 2.15. The molecule has 100 valence electrons. The minimum atomic E-state index is -0.0856. The lowest BCUT2D eigenvalue weighted by Crippen LogP contribution is -2.37. The Kier molecular flexibility index (Phi) is 2.90.